The number of carboxylic acid groups (broad SMARTS) is 1. The number of ether oxygens (including phenoxy) is 1. The van der Waals surface area contributed by atoms with E-state index >= 15 is 0 Å². The molecule has 0 amide bonds. The number of hydrogen-bond donors (Lipinski definition) is 1. The van der Waals surface area contributed by atoms with Crippen molar-refractivity contribution in [3.8, 4) is 5.75 Å². The molecule has 0 bridgehead atoms. The number of methoxy groups -OCH3 is 1. The number of carboxylic acids is 1. The van der Waals surface area contributed by atoms with Crippen LogP contribution in [0.3, 0.4) is 0 Å². The minimum Gasteiger partial charge on any atom is -0.497 e. The second-order valence-electron chi connectivity index (χ2n) is 6.47. The van der Waals surface area contributed by atoms with Crippen LogP contribution in [0.5, 0.6) is 5.75 Å². The first-order chi connectivity index (χ1) is 12.9. The topological polar surface area (TPSA) is 81.4 Å². The standard InChI is InChI=1S/C20H22N2O4S/c1-12-13(2)27-19-18(12)20(25)22(10-4-5-17(23)24)16(21-19)11-14-6-8-15(26-3)9-7-14/h6-9H,4-5,10-11H2,1-3H3,(H,23,24). The van der Waals surface area contributed by atoms with Crippen molar-refractivity contribution in [1.29, 1.82) is 0 Å². The number of aromatic nitrogens is 2. The summed E-state index contributed by atoms with van der Waals surface area (Å²) >= 11 is 1.52. The van der Waals surface area contributed by atoms with E-state index in [-0.39, 0.29) is 12.0 Å². The average Bonchev–Trinajstić information content (AvgIpc) is 2.92. The predicted molar refractivity (Wildman–Crippen MR) is 106 cm³/mol. The normalized spacial score (nSPS) is 11.1. The van der Waals surface area contributed by atoms with Crippen molar-refractivity contribution in [3.05, 3.63) is 56.4 Å². The molecule has 3 rings (SSSR count). The lowest BCUT2D eigenvalue weighted by molar-refractivity contribution is -0.137. The summed E-state index contributed by atoms with van der Waals surface area (Å²) in [5.41, 5.74) is 1.88. The fourth-order valence-corrected chi connectivity index (χ4v) is 4.09. The van der Waals surface area contributed by atoms with Gasteiger partial charge in [0.15, 0.2) is 0 Å². The molecule has 0 atom stereocenters. The van der Waals surface area contributed by atoms with Crippen molar-refractivity contribution >= 4 is 27.5 Å². The van der Waals surface area contributed by atoms with E-state index in [0.29, 0.717) is 30.6 Å². The number of carbonyl (C=O) groups is 1. The molecule has 1 N–H and O–H groups in total. The molecule has 0 aliphatic carbocycles. The Balaban J connectivity index is 2.04. The Morgan fingerprint density at radius 3 is 2.59 bits per heavy atom. The van der Waals surface area contributed by atoms with E-state index in [1.165, 1.54) is 11.3 Å². The maximum absolute atomic E-state index is 13.1. The molecule has 7 heteroatoms. The summed E-state index contributed by atoms with van der Waals surface area (Å²) in [5.74, 6) is 0.561. The molecule has 0 spiro atoms. The van der Waals surface area contributed by atoms with Crippen LogP contribution in [-0.2, 0) is 17.8 Å². The molecule has 0 fully saturated rings. The van der Waals surface area contributed by atoms with Crippen LogP contribution >= 0.6 is 11.3 Å². The van der Waals surface area contributed by atoms with Gasteiger partial charge < -0.3 is 9.84 Å². The summed E-state index contributed by atoms with van der Waals surface area (Å²) in [6.07, 6.45) is 0.909. The van der Waals surface area contributed by atoms with Gasteiger partial charge in [-0.1, -0.05) is 12.1 Å². The molecular formula is C20H22N2O4S. The van der Waals surface area contributed by atoms with Gasteiger partial charge in [-0.3, -0.25) is 14.2 Å². The quantitative estimate of drug-likeness (QED) is 0.672. The van der Waals surface area contributed by atoms with E-state index < -0.39 is 5.97 Å². The summed E-state index contributed by atoms with van der Waals surface area (Å²) in [5, 5.41) is 9.57. The highest BCUT2D eigenvalue weighted by atomic mass is 32.1. The number of nitrogens with zero attached hydrogens (tertiary/aromatic N) is 2. The first kappa shape index (κ1) is 19.1. The zero-order chi connectivity index (χ0) is 19.6. The Hall–Kier alpha value is -2.67. The molecule has 0 unspecified atom stereocenters. The molecule has 0 saturated carbocycles. The van der Waals surface area contributed by atoms with Gasteiger partial charge in [-0.2, -0.15) is 0 Å². The second kappa shape index (κ2) is 7.92. The zero-order valence-corrected chi connectivity index (χ0v) is 16.4. The summed E-state index contributed by atoms with van der Waals surface area (Å²) in [6, 6.07) is 7.64. The van der Waals surface area contributed by atoms with Crippen molar-refractivity contribution < 1.29 is 14.6 Å². The van der Waals surface area contributed by atoms with Gasteiger partial charge in [0.05, 0.1) is 12.5 Å². The van der Waals surface area contributed by atoms with Gasteiger partial charge in [0, 0.05) is 24.3 Å². The Labute approximate surface area is 161 Å². The number of aryl methyl sites for hydroxylation is 2. The molecule has 3 aromatic rings. The van der Waals surface area contributed by atoms with Crippen LogP contribution in [-0.4, -0.2) is 27.7 Å². The fraction of sp³-hybridized carbons (Fsp3) is 0.350. The Morgan fingerprint density at radius 2 is 1.96 bits per heavy atom. The predicted octanol–water partition coefficient (Wildman–Crippen LogP) is 3.54. The van der Waals surface area contributed by atoms with Crippen LogP contribution in [0.1, 0.15) is 34.7 Å². The number of thiophene rings is 1. The lowest BCUT2D eigenvalue weighted by Gasteiger charge is -2.13. The van der Waals surface area contributed by atoms with E-state index in [4.69, 9.17) is 14.8 Å². The maximum Gasteiger partial charge on any atom is 0.303 e. The third-order valence-corrected chi connectivity index (χ3v) is 5.76. The largest absolute Gasteiger partial charge is 0.497 e. The van der Waals surface area contributed by atoms with Crippen LogP contribution in [0.15, 0.2) is 29.1 Å². The van der Waals surface area contributed by atoms with Gasteiger partial charge in [-0.25, -0.2) is 4.98 Å². The molecule has 27 heavy (non-hydrogen) atoms. The first-order valence-corrected chi connectivity index (χ1v) is 9.56. The molecular weight excluding hydrogens is 364 g/mol. The summed E-state index contributed by atoms with van der Waals surface area (Å²) in [6.45, 7) is 4.26. The van der Waals surface area contributed by atoms with Crippen LogP contribution < -0.4 is 10.3 Å². The smallest absolute Gasteiger partial charge is 0.303 e. The third kappa shape index (κ3) is 4.03. The van der Waals surface area contributed by atoms with Crippen molar-refractivity contribution in [2.45, 2.75) is 39.7 Å². The lowest BCUT2D eigenvalue weighted by Crippen LogP contribution is -2.26. The van der Waals surface area contributed by atoms with E-state index in [1.807, 2.05) is 38.1 Å². The molecule has 142 valence electrons. The van der Waals surface area contributed by atoms with Crippen molar-refractivity contribution in [3.63, 3.8) is 0 Å². The van der Waals surface area contributed by atoms with Crippen molar-refractivity contribution in [1.82, 2.24) is 9.55 Å². The fourth-order valence-electron chi connectivity index (χ4n) is 3.05. The lowest BCUT2D eigenvalue weighted by atomic mass is 10.1. The summed E-state index contributed by atoms with van der Waals surface area (Å²) < 4.78 is 6.82. The molecule has 6 nitrogen and oxygen atoms in total. The van der Waals surface area contributed by atoms with Gasteiger partial charge in [0.1, 0.15) is 16.4 Å². The molecule has 0 aliphatic heterocycles. The zero-order valence-electron chi connectivity index (χ0n) is 15.6. The van der Waals surface area contributed by atoms with Gasteiger partial charge in [-0.15, -0.1) is 11.3 Å². The second-order valence-corrected chi connectivity index (χ2v) is 7.67. The Bertz CT molecular complexity index is 1030. The highest BCUT2D eigenvalue weighted by molar-refractivity contribution is 7.18. The monoisotopic (exact) mass is 386 g/mol. The molecule has 0 saturated heterocycles. The number of fused-ring (bicyclic) bond motifs is 1. The van der Waals surface area contributed by atoms with Crippen molar-refractivity contribution in [2.24, 2.45) is 0 Å². The molecule has 1 aromatic carbocycles. The van der Waals surface area contributed by atoms with Crippen LogP contribution in [0.25, 0.3) is 10.2 Å². The van der Waals surface area contributed by atoms with Gasteiger partial charge in [0.2, 0.25) is 0 Å². The molecule has 2 aromatic heterocycles. The van der Waals surface area contributed by atoms with Gasteiger partial charge in [0.25, 0.3) is 5.56 Å². The number of aliphatic carboxylic acids is 1. The Kier molecular flexibility index (Phi) is 5.60. The van der Waals surface area contributed by atoms with Crippen LogP contribution in [0.4, 0.5) is 0 Å². The molecule has 2 heterocycles. The minimum atomic E-state index is -0.864. The van der Waals surface area contributed by atoms with Crippen LogP contribution in [0, 0.1) is 13.8 Å². The van der Waals surface area contributed by atoms with Gasteiger partial charge in [-0.05, 0) is 43.5 Å². The number of rotatable bonds is 7. The first-order valence-electron chi connectivity index (χ1n) is 8.75. The molecule has 0 aliphatic rings. The Morgan fingerprint density at radius 1 is 1.26 bits per heavy atom. The van der Waals surface area contributed by atoms with E-state index in [2.05, 4.69) is 0 Å². The third-order valence-electron chi connectivity index (χ3n) is 4.66. The van der Waals surface area contributed by atoms with Crippen molar-refractivity contribution in [2.75, 3.05) is 7.11 Å². The summed E-state index contributed by atoms with van der Waals surface area (Å²) in [4.78, 5) is 30.6. The van der Waals surface area contributed by atoms with E-state index in [9.17, 15) is 9.59 Å². The van der Waals surface area contributed by atoms with Crippen LogP contribution in [0.2, 0.25) is 0 Å². The van der Waals surface area contributed by atoms with Gasteiger partial charge >= 0.3 is 5.97 Å². The summed E-state index contributed by atoms with van der Waals surface area (Å²) in [7, 11) is 1.62. The highest BCUT2D eigenvalue weighted by Gasteiger charge is 2.17. The highest BCUT2D eigenvalue weighted by Crippen LogP contribution is 2.27. The SMILES string of the molecule is COc1ccc(Cc2nc3sc(C)c(C)c3c(=O)n2CCCC(=O)O)cc1. The molecule has 0 radical (unpaired) electrons. The average molecular weight is 386 g/mol. The number of benzene rings is 1. The van der Waals surface area contributed by atoms with E-state index in [1.54, 1.807) is 11.7 Å². The maximum atomic E-state index is 13.1. The minimum absolute atomic E-state index is 0.0219. The number of hydrogen-bond acceptors (Lipinski definition) is 5. The van der Waals surface area contributed by atoms with E-state index in [0.717, 1.165) is 26.6 Å².